The number of para-hydroxylation sites is 1. The smallest absolute Gasteiger partial charge is 0.258 e. The van der Waals surface area contributed by atoms with Gasteiger partial charge in [-0.15, -0.1) is 0 Å². The van der Waals surface area contributed by atoms with Crippen LogP contribution in [0.2, 0.25) is 0 Å². The average molecular weight is 223 g/mol. The molecular formula is C13H7N2O2. The molecule has 0 spiro atoms. The van der Waals surface area contributed by atoms with Gasteiger partial charge in [-0.2, -0.15) is 0 Å². The van der Waals surface area contributed by atoms with E-state index in [1.165, 1.54) is 12.1 Å². The molecule has 1 heterocycles. The Labute approximate surface area is 96.7 Å². The Kier molecular flexibility index (Phi) is 2.01. The van der Waals surface area contributed by atoms with Crippen molar-refractivity contribution in [3.63, 3.8) is 0 Å². The highest BCUT2D eigenvalue weighted by Gasteiger charge is 2.07. The van der Waals surface area contributed by atoms with Crippen LogP contribution in [0.1, 0.15) is 0 Å². The topological polar surface area (TPSA) is 56.0 Å². The second-order valence-electron chi connectivity index (χ2n) is 3.71. The van der Waals surface area contributed by atoms with Crippen molar-refractivity contribution in [2.24, 2.45) is 0 Å². The number of rotatable bonds is 1. The molecule has 3 rings (SSSR count). The molecule has 0 saturated carbocycles. The van der Waals surface area contributed by atoms with Gasteiger partial charge in [0.1, 0.15) is 0 Å². The molecule has 0 aliphatic rings. The van der Waals surface area contributed by atoms with Gasteiger partial charge in [0.05, 0.1) is 16.0 Å². The molecule has 0 atom stereocenters. The predicted octanol–water partition coefficient (Wildman–Crippen LogP) is 3.10. The van der Waals surface area contributed by atoms with Gasteiger partial charge in [0.25, 0.3) is 5.69 Å². The highest BCUT2D eigenvalue weighted by Crippen LogP contribution is 2.22. The summed E-state index contributed by atoms with van der Waals surface area (Å²) in [4.78, 5) is 14.6. The lowest BCUT2D eigenvalue weighted by Gasteiger charge is -2.00. The zero-order chi connectivity index (χ0) is 11.8. The van der Waals surface area contributed by atoms with Crippen LogP contribution in [0.5, 0.6) is 0 Å². The zero-order valence-electron chi connectivity index (χ0n) is 8.75. The van der Waals surface area contributed by atoms with Crippen LogP contribution in [-0.4, -0.2) is 9.91 Å². The zero-order valence-corrected chi connectivity index (χ0v) is 8.75. The Morgan fingerprint density at radius 3 is 2.65 bits per heavy atom. The van der Waals surface area contributed by atoms with Gasteiger partial charge in [-0.3, -0.25) is 10.1 Å². The molecular weight excluding hydrogens is 216 g/mol. The van der Waals surface area contributed by atoms with Crippen LogP contribution in [0, 0.1) is 16.2 Å². The van der Waals surface area contributed by atoms with Gasteiger partial charge in [0, 0.05) is 29.0 Å². The first kappa shape index (κ1) is 9.72. The van der Waals surface area contributed by atoms with Crippen LogP contribution in [0.25, 0.3) is 21.8 Å². The van der Waals surface area contributed by atoms with Gasteiger partial charge < -0.3 is 0 Å². The maximum absolute atomic E-state index is 10.7. The van der Waals surface area contributed by atoms with Gasteiger partial charge in [-0.05, 0) is 12.1 Å². The summed E-state index contributed by atoms with van der Waals surface area (Å²) < 4.78 is 0. The third kappa shape index (κ3) is 1.59. The molecule has 3 aromatic rings. The summed E-state index contributed by atoms with van der Waals surface area (Å²) in [5.41, 5.74) is 1.44. The van der Waals surface area contributed by atoms with Crippen LogP contribution in [0.4, 0.5) is 5.69 Å². The fourth-order valence-corrected chi connectivity index (χ4v) is 1.78. The first-order valence-electron chi connectivity index (χ1n) is 5.10. The maximum Gasteiger partial charge on any atom is 0.271 e. The molecule has 4 nitrogen and oxygen atoms in total. The number of fused-ring (bicyclic) bond motifs is 2. The van der Waals surface area contributed by atoms with Crippen molar-refractivity contribution in [2.75, 3.05) is 0 Å². The molecule has 0 amide bonds. The number of non-ortho nitro benzene ring substituents is 1. The second kappa shape index (κ2) is 3.52. The van der Waals surface area contributed by atoms with Crippen molar-refractivity contribution >= 4 is 27.5 Å². The maximum atomic E-state index is 10.7. The Bertz CT molecular complexity index is 738. The van der Waals surface area contributed by atoms with Gasteiger partial charge >= 0.3 is 0 Å². The monoisotopic (exact) mass is 223 g/mol. The molecule has 1 aromatic heterocycles. The fraction of sp³-hybridized carbons (Fsp3) is 0. The molecule has 1 radical (unpaired) electrons. The first-order chi connectivity index (χ1) is 8.24. The molecule has 0 N–H and O–H groups in total. The van der Waals surface area contributed by atoms with E-state index >= 15 is 0 Å². The minimum absolute atomic E-state index is 0.0497. The second-order valence-corrected chi connectivity index (χ2v) is 3.71. The number of pyridine rings is 1. The van der Waals surface area contributed by atoms with Crippen LogP contribution >= 0.6 is 0 Å². The van der Waals surface area contributed by atoms with Crippen molar-refractivity contribution in [2.45, 2.75) is 0 Å². The third-order valence-electron chi connectivity index (χ3n) is 2.61. The SMILES string of the molecule is O=[N+]([O-])c1ccc2[c]c3ccccc3nc2c1. The van der Waals surface area contributed by atoms with E-state index in [2.05, 4.69) is 11.1 Å². The Morgan fingerprint density at radius 2 is 1.82 bits per heavy atom. The Morgan fingerprint density at radius 1 is 1.06 bits per heavy atom. The van der Waals surface area contributed by atoms with E-state index < -0.39 is 4.92 Å². The number of nitrogens with zero attached hydrogens (tertiary/aromatic N) is 2. The van der Waals surface area contributed by atoms with Crippen molar-refractivity contribution in [3.8, 4) is 0 Å². The number of nitro benzene ring substituents is 1. The van der Waals surface area contributed by atoms with Crippen LogP contribution < -0.4 is 0 Å². The molecule has 17 heavy (non-hydrogen) atoms. The molecule has 4 heteroatoms. The first-order valence-corrected chi connectivity index (χ1v) is 5.10. The summed E-state index contributed by atoms with van der Waals surface area (Å²) in [5.74, 6) is 0. The van der Waals surface area contributed by atoms with E-state index in [-0.39, 0.29) is 5.69 Å². The largest absolute Gasteiger partial charge is 0.271 e. The molecule has 0 aliphatic heterocycles. The Balaban J connectivity index is 2.36. The fourth-order valence-electron chi connectivity index (χ4n) is 1.78. The number of benzene rings is 2. The molecule has 0 unspecified atom stereocenters. The normalized spacial score (nSPS) is 10.8. The van der Waals surface area contributed by atoms with Crippen molar-refractivity contribution in [1.82, 2.24) is 4.98 Å². The average Bonchev–Trinajstić information content (AvgIpc) is 2.35. The van der Waals surface area contributed by atoms with E-state index in [0.717, 1.165) is 16.3 Å². The summed E-state index contributed by atoms with van der Waals surface area (Å²) in [6, 6.07) is 15.4. The summed E-state index contributed by atoms with van der Waals surface area (Å²) >= 11 is 0. The van der Waals surface area contributed by atoms with Crippen LogP contribution in [0.3, 0.4) is 0 Å². The Hall–Kier alpha value is -2.49. The summed E-state index contributed by atoms with van der Waals surface area (Å²) in [6.45, 7) is 0. The molecule has 81 valence electrons. The van der Waals surface area contributed by atoms with Crippen molar-refractivity contribution in [1.29, 1.82) is 0 Å². The highest BCUT2D eigenvalue weighted by atomic mass is 16.6. The van der Waals surface area contributed by atoms with Gasteiger partial charge in [-0.1, -0.05) is 18.2 Å². The van der Waals surface area contributed by atoms with E-state index in [1.54, 1.807) is 6.07 Å². The van der Waals surface area contributed by atoms with Crippen LogP contribution in [0.15, 0.2) is 42.5 Å². The van der Waals surface area contributed by atoms with Crippen LogP contribution in [-0.2, 0) is 0 Å². The highest BCUT2D eigenvalue weighted by molar-refractivity contribution is 5.92. The minimum atomic E-state index is -0.420. The summed E-state index contributed by atoms with van der Waals surface area (Å²) in [7, 11) is 0. The lowest BCUT2D eigenvalue weighted by molar-refractivity contribution is -0.384. The lowest BCUT2D eigenvalue weighted by Crippen LogP contribution is -1.89. The standard InChI is InChI=1S/C13H7N2O2/c16-15(17)11-6-5-10-7-9-3-1-2-4-12(9)14-13(10)8-11/h1-6,8H. The number of aromatic nitrogens is 1. The van der Waals surface area contributed by atoms with Gasteiger partial charge in [0.2, 0.25) is 0 Å². The summed E-state index contributed by atoms with van der Waals surface area (Å²) in [5, 5.41) is 12.4. The van der Waals surface area contributed by atoms with Crippen molar-refractivity contribution < 1.29 is 4.92 Å². The van der Waals surface area contributed by atoms with E-state index in [4.69, 9.17) is 0 Å². The lowest BCUT2D eigenvalue weighted by atomic mass is 10.1. The van der Waals surface area contributed by atoms with Gasteiger partial charge in [-0.25, -0.2) is 4.98 Å². The predicted molar refractivity (Wildman–Crippen MR) is 64.7 cm³/mol. The van der Waals surface area contributed by atoms with E-state index in [0.29, 0.717) is 5.52 Å². The molecule has 0 saturated heterocycles. The summed E-state index contributed by atoms with van der Waals surface area (Å²) in [6.07, 6.45) is 0. The van der Waals surface area contributed by atoms with E-state index in [1.807, 2.05) is 24.3 Å². The van der Waals surface area contributed by atoms with Crippen molar-refractivity contribution in [3.05, 3.63) is 58.6 Å². The number of nitro groups is 1. The molecule has 0 aliphatic carbocycles. The molecule has 2 aromatic carbocycles. The van der Waals surface area contributed by atoms with E-state index in [9.17, 15) is 10.1 Å². The minimum Gasteiger partial charge on any atom is -0.258 e. The number of hydrogen-bond acceptors (Lipinski definition) is 3. The molecule has 0 bridgehead atoms. The quantitative estimate of drug-likeness (QED) is 0.362. The number of hydrogen-bond donors (Lipinski definition) is 0. The molecule has 0 fully saturated rings. The van der Waals surface area contributed by atoms with Gasteiger partial charge in [0.15, 0.2) is 0 Å². The third-order valence-corrected chi connectivity index (χ3v) is 2.61.